The Bertz CT molecular complexity index is 1210. The van der Waals surface area contributed by atoms with E-state index in [1.54, 1.807) is 36.8 Å². The summed E-state index contributed by atoms with van der Waals surface area (Å²) in [4.78, 5) is 46.1. The molecule has 4 N–H and O–H groups in total. The molecule has 176 valence electrons. The molecule has 1 aliphatic rings. The first-order valence-corrected chi connectivity index (χ1v) is 10.8. The zero-order chi connectivity index (χ0) is 24.1. The lowest BCUT2D eigenvalue weighted by Gasteiger charge is -2.37. The van der Waals surface area contributed by atoms with Crippen LogP contribution in [0.4, 0.5) is 5.69 Å². The Morgan fingerprint density at radius 2 is 1.79 bits per heavy atom. The molecule has 0 radical (unpaired) electrons. The van der Waals surface area contributed by atoms with Gasteiger partial charge in [-0.1, -0.05) is 6.07 Å². The van der Waals surface area contributed by atoms with Crippen LogP contribution in [0.2, 0.25) is 0 Å². The fourth-order valence-corrected chi connectivity index (χ4v) is 4.20. The van der Waals surface area contributed by atoms with Gasteiger partial charge in [0.25, 0.3) is 0 Å². The summed E-state index contributed by atoms with van der Waals surface area (Å²) in [6.45, 7) is 3.57. The van der Waals surface area contributed by atoms with Crippen molar-refractivity contribution in [1.82, 2.24) is 19.8 Å². The molecule has 1 fully saturated rings. The second-order valence-corrected chi connectivity index (χ2v) is 8.07. The third-order valence-corrected chi connectivity index (χ3v) is 5.81. The summed E-state index contributed by atoms with van der Waals surface area (Å²) in [6, 6.07) is 8.28. The molecular weight excluding hydrogens is 438 g/mol. The number of nitrogens with one attached hydrogen (secondary N) is 2. The van der Waals surface area contributed by atoms with Gasteiger partial charge in [-0.15, -0.1) is 0 Å². The molecule has 1 saturated heterocycles. The summed E-state index contributed by atoms with van der Waals surface area (Å²) in [7, 11) is 0. The second kappa shape index (κ2) is 10.3. The van der Waals surface area contributed by atoms with Crippen molar-refractivity contribution in [2.75, 3.05) is 31.5 Å². The first-order chi connectivity index (χ1) is 16.4. The fraction of sp³-hybridized carbons (Fsp3) is 0.250. The molecule has 1 atom stereocenters. The topological polar surface area (TPSA) is 139 Å². The van der Waals surface area contributed by atoms with Crippen molar-refractivity contribution in [3.63, 3.8) is 0 Å². The Morgan fingerprint density at radius 3 is 2.47 bits per heavy atom. The smallest absolute Gasteiger partial charge is 0.328 e. The number of carboxylic acids is 2. The number of carbonyl (C=O) groups is 3. The standard InChI is InChI=1S/C24H25N5O5/c30-21(3-4-22(31)32)27-17-1-2-18-19(14-26-20(18)13-17)23(24(33)34)29-11-9-28(10-12-29)15-16-5-7-25-8-6-16/h1-8,13-14,23,26H,9-12,15H2,(H,27,30)(H,31,32)(H,33,34)/b4-3+/t23-/m1/s1. The van der Waals surface area contributed by atoms with E-state index in [1.165, 1.54) is 5.56 Å². The number of H-pyrrole nitrogens is 1. The number of anilines is 1. The van der Waals surface area contributed by atoms with E-state index in [0.717, 1.165) is 37.2 Å². The molecule has 0 saturated carbocycles. The molecule has 2 aromatic heterocycles. The first kappa shape index (κ1) is 23.1. The van der Waals surface area contributed by atoms with E-state index in [-0.39, 0.29) is 0 Å². The summed E-state index contributed by atoms with van der Waals surface area (Å²) < 4.78 is 0. The van der Waals surface area contributed by atoms with Gasteiger partial charge in [0.15, 0.2) is 0 Å². The highest BCUT2D eigenvalue weighted by Crippen LogP contribution is 2.31. The predicted octanol–water partition coefficient (Wildman–Crippen LogP) is 2.09. The Kier molecular flexibility index (Phi) is 7.00. The number of hydrogen-bond acceptors (Lipinski definition) is 6. The van der Waals surface area contributed by atoms with E-state index in [0.29, 0.717) is 29.9 Å². The Balaban J connectivity index is 1.46. The summed E-state index contributed by atoms with van der Waals surface area (Å²) in [5, 5.41) is 22.0. The first-order valence-electron chi connectivity index (χ1n) is 10.8. The van der Waals surface area contributed by atoms with Gasteiger partial charge in [0.05, 0.1) is 0 Å². The Labute approximate surface area is 195 Å². The number of nitrogens with zero attached hydrogens (tertiary/aromatic N) is 3. The number of carbonyl (C=O) groups excluding carboxylic acids is 1. The van der Waals surface area contributed by atoms with Crippen LogP contribution in [0.5, 0.6) is 0 Å². The largest absolute Gasteiger partial charge is 0.480 e. The third kappa shape index (κ3) is 5.48. The van der Waals surface area contributed by atoms with Crippen molar-refractivity contribution in [1.29, 1.82) is 0 Å². The van der Waals surface area contributed by atoms with E-state index >= 15 is 0 Å². The van der Waals surface area contributed by atoms with Gasteiger partial charge in [-0.2, -0.15) is 0 Å². The molecule has 0 spiro atoms. The van der Waals surface area contributed by atoms with Crippen molar-refractivity contribution in [3.05, 3.63) is 72.2 Å². The molecule has 0 unspecified atom stereocenters. The van der Waals surface area contributed by atoms with E-state index in [1.807, 2.05) is 17.0 Å². The molecular formula is C24H25N5O5. The van der Waals surface area contributed by atoms with E-state index < -0.39 is 23.9 Å². The van der Waals surface area contributed by atoms with Gasteiger partial charge in [-0.3, -0.25) is 24.4 Å². The molecule has 10 nitrogen and oxygen atoms in total. The monoisotopic (exact) mass is 463 g/mol. The summed E-state index contributed by atoms with van der Waals surface area (Å²) >= 11 is 0. The average molecular weight is 463 g/mol. The van der Waals surface area contributed by atoms with Gasteiger partial charge in [0.1, 0.15) is 6.04 Å². The maximum absolute atomic E-state index is 12.3. The van der Waals surface area contributed by atoms with Gasteiger partial charge < -0.3 is 20.5 Å². The lowest BCUT2D eigenvalue weighted by atomic mass is 10.0. The molecule has 1 aromatic carbocycles. The van der Waals surface area contributed by atoms with Crippen LogP contribution in [0.25, 0.3) is 10.9 Å². The number of benzene rings is 1. The summed E-state index contributed by atoms with van der Waals surface area (Å²) in [5.74, 6) is -2.70. The van der Waals surface area contributed by atoms with Crippen LogP contribution in [0, 0.1) is 0 Å². The predicted molar refractivity (Wildman–Crippen MR) is 125 cm³/mol. The molecule has 1 aliphatic heterocycles. The Morgan fingerprint density at radius 1 is 1.06 bits per heavy atom. The quantitative estimate of drug-likeness (QED) is 0.373. The maximum atomic E-state index is 12.3. The highest BCUT2D eigenvalue weighted by atomic mass is 16.4. The van der Waals surface area contributed by atoms with Crippen LogP contribution in [0.15, 0.2) is 61.1 Å². The van der Waals surface area contributed by atoms with Gasteiger partial charge >= 0.3 is 11.9 Å². The molecule has 34 heavy (non-hydrogen) atoms. The highest BCUT2D eigenvalue weighted by molar-refractivity contribution is 6.03. The van der Waals surface area contributed by atoms with E-state index in [2.05, 4.69) is 20.2 Å². The van der Waals surface area contributed by atoms with Crippen LogP contribution in [-0.4, -0.2) is 74.0 Å². The number of amides is 1. The summed E-state index contributed by atoms with van der Waals surface area (Å²) in [6.07, 6.45) is 6.93. The molecule has 1 amide bonds. The minimum atomic E-state index is -1.21. The number of aromatic nitrogens is 2. The molecule has 0 bridgehead atoms. The van der Waals surface area contributed by atoms with Crippen LogP contribution < -0.4 is 5.32 Å². The second-order valence-electron chi connectivity index (χ2n) is 8.07. The molecule has 3 heterocycles. The lowest BCUT2D eigenvalue weighted by Crippen LogP contribution is -2.48. The minimum Gasteiger partial charge on any atom is -0.480 e. The SMILES string of the molecule is O=C(O)/C=C/C(=O)Nc1ccc2c([C@H](C(=O)O)N3CCN(Cc4ccncc4)CC3)c[nH]c2c1. The summed E-state index contributed by atoms with van der Waals surface area (Å²) in [5.41, 5.74) is 2.99. The van der Waals surface area contributed by atoms with Gasteiger partial charge in [0.2, 0.25) is 5.91 Å². The van der Waals surface area contributed by atoms with Crippen molar-refractivity contribution in [2.24, 2.45) is 0 Å². The normalized spacial score (nSPS) is 16.0. The molecule has 4 rings (SSSR count). The van der Waals surface area contributed by atoms with Crippen LogP contribution in [0.3, 0.4) is 0 Å². The van der Waals surface area contributed by atoms with Crippen molar-refractivity contribution in [2.45, 2.75) is 12.6 Å². The highest BCUT2D eigenvalue weighted by Gasteiger charge is 2.32. The third-order valence-electron chi connectivity index (χ3n) is 5.81. The van der Waals surface area contributed by atoms with Crippen LogP contribution in [-0.2, 0) is 20.9 Å². The number of hydrogen-bond donors (Lipinski definition) is 4. The molecule has 0 aliphatic carbocycles. The van der Waals surface area contributed by atoms with E-state index in [4.69, 9.17) is 5.11 Å². The minimum absolute atomic E-state index is 0.470. The number of carboxylic acid groups (broad SMARTS) is 2. The van der Waals surface area contributed by atoms with Gasteiger partial charge in [-0.25, -0.2) is 4.79 Å². The van der Waals surface area contributed by atoms with E-state index in [9.17, 15) is 19.5 Å². The number of aliphatic carboxylic acids is 2. The van der Waals surface area contributed by atoms with Gasteiger partial charge in [-0.05, 0) is 29.8 Å². The van der Waals surface area contributed by atoms with Crippen molar-refractivity contribution >= 4 is 34.4 Å². The number of piperazine rings is 1. The van der Waals surface area contributed by atoms with Crippen molar-refractivity contribution in [3.8, 4) is 0 Å². The Hall–Kier alpha value is -4.02. The molecule has 10 heteroatoms. The number of aromatic amines is 1. The number of fused-ring (bicyclic) bond motifs is 1. The molecule has 3 aromatic rings. The van der Waals surface area contributed by atoms with Gasteiger partial charge in [0, 0.05) is 85.6 Å². The van der Waals surface area contributed by atoms with Crippen LogP contribution >= 0.6 is 0 Å². The van der Waals surface area contributed by atoms with Crippen LogP contribution in [0.1, 0.15) is 17.2 Å². The average Bonchev–Trinajstić information content (AvgIpc) is 3.22. The van der Waals surface area contributed by atoms with Crippen molar-refractivity contribution < 1.29 is 24.6 Å². The maximum Gasteiger partial charge on any atom is 0.328 e. The number of rotatable bonds is 8. The lowest BCUT2D eigenvalue weighted by molar-refractivity contribution is -0.144. The zero-order valence-corrected chi connectivity index (χ0v) is 18.3. The zero-order valence-electron chi connectivity index (χ0n) is 18.3. The number of pyridine rings is 1. The fourth-order valence-electron chi connectivity index (χ4n) is 4.20.